The number of halogens is 2. The number of rotatable bonds is 9. The van der Waals surface area contributed by atoms with E-state index in [2.05, 4.69) is 25.6 Å². The molecule has 0 aliphatic heterocycles. The first-order valence-electron chi connectivity index (χ1n) is 12.9. The van der Waals surface area contributed by atoms with Crippen molar-refractivity contribution in [2.75, 3.05) is 13.2 Å². The molecule has 202 valence electrons. The van der Waals surface area contributed by atoms with E-state index in [4.69, 9.17) is 9.84 Å². The van der Waals surface area contributed by atoms with E-state index in [0.717, 1.165) is 12.8 Å². The molecular weight excluding hydrogens is 496 g/mol. The highest BCUT2D eigenvalue weighted by atomic mass is 19.3. The van der Waals surface area contributed by atoms with Crippen molar-refractivity contribution in [3.63, 3.8) is 0 Å². The van der Waals surface area contributed by atoms with Crippen LogP contribution in [0.2, 0.25) is 0 Å². The summed E-state index contributed by atoms with van der Waals surface area (Å²) < 4.78 is 33.1. The molecule has 0 saturated heterocycles. The number of hydrogen-bond donors (Lipinski definition) is 4. The van der Waals surface area contributed by atoms with Crippen LogP contribution in [-0.2, 0) is 4.79 Å². The van der Waals surface area contributed by atoms with Crippen molar-refractivity contribution in [1.29, 1.82) is 0 Å². The van der Waals surface area contributed by atoms with Crippen molar-refractivity contribution >= 4 is 22.8 Å². The van der Waals surface area contributed by atoms with Crippen LogP contribution >= 0.6 is 0 Å². The Morgan fingerprint density at radius 1 is 1.11 bits per heavy atom. The molecule has 0 atom stereocenters. The van der Waals surface area contributed by atoms with E-state index < -0.39 is 18.9 Å². The number of aromatic nitrogens is 3. The molecule has 4 N–H and O–H groups in total. The first-order chi connectivity index (χ1) is 18.3. The minimum atomic E-state index is -2.65. The fourth-order valence-electron chi connectivity index (χ4n) is 5.00. The average molecular weight is 528 g/mol. The molecular formula is C27H31F2N5O4. The van der Waals surface area contributed by atoms with Gasteiger partial charge in [0.15, 0.2) is 0 Å². The number of amides is 2. The number of aliphatic hydroxyl groups is 1. The Morgan fingerprint density at radius 3 is 2.47 bits per heavy atom. The van der Waals surface area contributed by atoms with Crippen LogP contribution in [-0.4, -0.2) is 57.2 Å². The number of ether oxygens (including phenoxy) is 1. The van der Waals surface area contributed by atoms with E-state index in [1.54, 1.807) is 13.0 Å². The second-order valence-electron chi connectivity index (χ2n) is 10.1. The number of fused-ring (bicyclic) bond motifs is 1. The number of carbonyl (C=O) groups is 2. The summed E-state index contributed by atoms with van der Waals surface area (Å²) in [6.45, 7) is 1.74. The molecule has 2 heterocycles. The maximum Gasteiger partial charge on any atom is 0.263 e. The molecule has 5 rings (SSSR count). The quantitative estimate of drug-likeness (QED) is 0.335. The first-order valence-corrected chi connectivity index (χ1v) is 12.9. The summed E-state index contributed by atoms with van der Waals surface area (Å²) in [5.41, 5.74) is 2.53. The second kappa shape index (κ2) is 11.0. The number of aliphatic hydroxyl groups excluding tert-OH is 1. The van der Waals surface area contributed by atoms with Crippen LogP contribution < -0.4 is 15.4 Å². The molecule has 0 bridgehead atoms. The van der Waals surface area contributed by atoms with Gasteiger partial charge in [-0.3, -0.25) is 9.59 Å². The van der Waals surface area contributed by atoms with Gasteiger partial charge in [0.2, 0.25) is 5.91 Å². The normalized spacial score (nSPS) is 19.5. The largest absolute Gasteiger partial charge is 0.493 e. The highest BCUT2D eigenvalue weighted by Gasteiger charge is 2.28. The minimum absolute atomic E-state index is 0.0201. The van der Waals surface area contributed by atoms with Crippen LogP contribution in [0.5, 0.6) is 5.75 Å². The smallest absolute Gasteiger partial charge is 0.263 e. The maximum atomic E-state index is 13.6. The second-order valence-corrected chi connectivity index (χ2v) is 10.1. The molecule has 2 fully saturated rings. The van der Waals surface area contributed by atoms with Crippen LogP contribution in [0, 0.1) is 12.8 Å². The average Bonchev–Trinajstić information content (AvgIpc) is 3.67. The number of carbonyl (C=O) groups excluding carboxylic acids is 2. The van der Waals surface area contributed by atoms with Gasteiger partial charge in [-0.15, -0.1) is 0 Å². The van der Waals surface area contributed by atoms with Crippen LogP contribution in [0.25, 0.3) is 22.3 Å². The lowest BCUT2D eigenvalue weighted by Crippen LogP contribution is -2.44. The zero-order valence-electron chi connectivity index (χ0n) is 21.1. The van der Waals surface area contributed by atoms with E-state index in [0.29, 0.717) is 77.5 Å². The van der Waals surface area contributed by atoms with Gasteiger partial charge < -0.3 is 25.5 Å². The Morgan fingerprint density at radius 2 is 1.82 bits per heavy atom. The SMILES string of the molecule is Cc1[nH]c2c(-c3cc(C(F)F)ccc3OCC3CC3)ncnc2c1C(=O)NC1CCC(NC(=O)CO)CC1. The van der Waals surface area contributed by atoms with Gasteiger partial charge in [-0.2, -0.15) is 0 Å². The first kappa shape index (κ1) is 26.0. The van der Waals surface area contributed by atoms with Gasteiger partial charge in [0, 0.05) is 28.9 Å². The van der Waals surface area contributed by atoms with Gasteiger partial charge in [0.25, 0.3) is 12.3 Å². The molecule has 9 nitrogen and oxygen atoms in total. The highest BCUT2D eigenvalue weighted by Crippen LogP contribution is 2.38. The fraction of sp³-hybridized carbons (Fsp3) is 0.481. The standard InChI is InChI=1S/C27H31F2N5O4/c1-14-22(27(37)34-18-7-5-17(6-8-18)33-21(36)11-35)24-25(32-14)23(30-13-31-24)19-10-16(26(28)29)4-9-20(19)38-12-15-2-3-15/h4,9-10,13,15,17-18,26,32,35H,2-3,5-8,11-12H2,1H3,(H,33,36)(H,34,37). The van der Waals surface area contributed by atoms with Crippen molar-refractivity contribution in [2.45, 2.75) is 64.0 Å². The van der Waals surface area contributed by atoms with E-state index >= 15 is 0 Å². The Kier molecular flexibility index (Phi) is 7.55. The van der Waals surface area contributed by atoms with Crippen molar-refractivity contribution in [1.82, 2.24) is 25.6 Å². The van der Waals surface area contributed by atoms with Crippen LogP contribution in [0.1, 0.15) is 66.6 Å². The van der Waals surface area contributed by atoms with E-state index in [9.17, 15) is 18.4 Å². The molecule has 0 radical (unpaired) electrons. The number of H-pyrrole nitrogens is 1. The lowest BCUT2D eigenvalue weighted by atomic mass is 9.91. The zero-order valence-corrected chi connectivity index (χ0v) is 21.1. The van der Waals surface area contributed by atoms with Crippen LogP contribution in [0.3, 0.4) is 0 Å². The van der Waals surface area contributed by atoms with Gasteiger partial charge in [0.05, 0.1) is 17.7 Å². The maximum absolute atomic E-state index is 13.6. The number of hydrogen-bond acceptors (Lipinski definition) is 6. The Hall–Kier alpha value is -3.60. The lowest BCUT2D eigenvalue weighted by Gasteiger charge is -2.29. The van der Waals surface area contributed by atoms with Crippen molar-refractivity contribution in [3.8, 4) is 17.0 Å². The Bertz CT molecular complexity index is 1330. The predicted molar refractivity (Wildman–Crippen MR) is 136 cm³/mol. The molecule has 38 heavy (non-hydrogen) atoms. The van der Waals surface area contributed by atoms with Gasteiger partial charge in [-0.05, 0) is 69.6 Å². The summed E-state index contributed by atoms with van der Waals surface area (Å²) in [6, 6.07) is 4.21. The number of aryl methyl sites for hydroxylation is 1. The lowest BCUT2D eigenvalue weighted by molar-refractivity contribution is -0.124. The number of benzene rings is 1. The van der Waals surface area contributed by atoms with Crippen LogP contribution in [0.4, 0.5) is 8.78 Å². The summed E-state index contributed by atoms with van der Waals surface area (Å²) >= 11 is 0. The number of alkyl halides is 2. The molecule has 1 aromatic carbocycles. The predicted octanol–water partition coefficient (Wildman–Crippen LogP) is 3.81. The molecule has 2 saturated carbocycles. The molecule has 2 aromatic heterocycles. The number of aromatic amines is 1. The topological polar surface area (TPSA) is 129 Å². The number of nitrogens with zero attached hydrogens (tertiary/aromatic N) is 2. The van der Waals surface area contributed by atoms with Gasteiger partial charge in [-0.1, -0.05) is 0 Å². The third-order valence-corrected chi connectivity index (χ3v) is 7.25. The minimum Gasteiger partial charge on any atom is -0.493 e. The molecule has 0 spiro atoms. The number of nitrogens with one attached hydrogen (secondary N) is 3. The molecule has 2 aliphatic rings. The van der Waals surface area contributed by atoms with Crippen molar-refractivity contribution in [3.05, 3.63) is 41.3 Å². The molecule has 3 aromatic rings. The van der Waals surface area contributed by atoms with Crippen molar-refractivity contribution < 1.29 is 28.2 Å². The summed E-state index contributed by atoms with van der Waals surface area (Å²) in [5.74, 6) is 0.257. The van der Waals surface area contributed by atoms with E-state index in [1.165, 1.54) is 18.5 Å². The molecule has 11 heteroatoms. The monoisotopic (exact) mass is 527 g/mol. The Balaban J connectivity index is 1.40. The van der Waals surface area contributed by atoms with Gasteiger partial charge >= 0.3 is 0 Å². The molecule has 2 aliphatic carbocycles. The summed E-state index contributed by atoms with van der Waals surface area (Å²) in [4.78, 5) is 36.7. The fourth-order valence-corrected chi connectivity index (χ4v) is 5.00. The van der Waals surface area contributed by atoms with Crippen LogP contribution in [0.15, 0.2) is 24.5 Å². The van der Waals surface area contributed by atoms with Gasteiger partial charge in [-0.25, -0.2) is 18.7 Å². The summed E-state index contributed by atoms with van der Waals surface area (Å²) in [5, 5.41) is 14.8. The third kappa shape index (κ3) is 5.62. The third-order valence-electron chi connectivity index (χ3n) is 7.25. The van der Waals surface area contributed by atoms with E-state index in [-0.39, 0.29) is 23.6 Å². The zero-order chi connectivity index (χ0) is 26.8. The summed E-state index contributed by atoms with van der Waals surface area (Å²) in [7, 11) is 0. The van der Waals surface area contributed by atoms with Crippen molar-refractivity contribution in [2.24, 2.45) is 5.92 Å². The Labute approximate surface area is 218 Å². The summed E-state index contributed by atoms with van der Waals surface area (Å²) in [6.07, 6.45) is 3.63. The molecule has 0 unspecified atom stereocenters. The van der Waals surface area contributed by atoms with E-state index in [1.807, 2.05) is 0 Å². The van der Waals surface area contributed by atoms with Gasteiger partial charge in [0.1, 0.15) is 29.9 Å². The molecule has 2 amide bonds. The highest BCUT2D eigenvalue weighted by molar-refractivity contribution is 6.09.